The highest BCUT2D eigenvalue weighted by molar-refractivity contribution is 6.31. The summed E-state index contributed by atoms with van der Waals surface area (Å²) < 4.78 is 5.27. The van der Waals surface area contributed by atoms with Crippen LogP contribution in [0.2, 0.25) is 5.02 Å². The molecule has 0 aliphatic heterocycles. The average Bonchev–Trinajstić information content (AvgIpc) is 2.71. The van der Waals surface area contributed by atoms with E-state index in [4.69, 9.17) is 16.3 Å². The summed E-state index contributed by atoms with van der Waals surface area (Å²) in [6.07, 6.45) is 0.969. The van der Waals surface area contributed by atoms with E-state index in [9.17, 15) is 9.59 Å². The molecule has 0 spiro atoms. The van der Waals surface area contributed by atoms with Crippen molar-refractivity contribution in [1.82, 2.24) is 10.2 Å². The summed E-state index contributed by atoms with van der Waals surface area (Å²) in [7, 11) is 1.60. The Morgan fingerprint density at radius 1 is 1.18 bits per heavy atom. The van der Waals surface area contributed by atoms with Crippen LogP contribution in [0.4, 0.5) is 0 Å². The standard InChI is InChI=1S/C22H27ClN2O3/c1-4-12-24-22(27)16(2)25(15-17-8-7-10-19(13-17)28-3)21(26)14-18-9-5-6-11-20(18)23/h5-11,13,16H,4,12,14-15H2,1-3H3,(H,24,27)/t16-/m0/s1. The van der Waals surface area contributed by atoms with Crippen LogP contribution in [0.5, 0.6) is 5.75 Å². The van der Waals surface area contributed by atoms with Crippen LogP contribution in [0.1, 0.15) is 31.4 Å². The van der Waals surface area contributed by atoms with Crippen molar-refractivity contribution in [3.63, 3.8) is 0 Å². The van der Waals surface area contributed by atoms with Gasteiger partial charge in [-0.2, -0.15) is 0 Å². The van der Waals surface area contributed by atoms with Gasteiger partial charge in [0.1, 0.15) is 11.8 Å². The zero-order valence-corrected chi connectivity index (χ0v) is 17.3. The van der Waals surface area contributed by atoms with Crippen molar-refractivity contribution in [3.8, 4) is 5.75 Å². The minimum Gasteiger partial charge on any atom is -0.497 e. The fourth-order valence-electron chi connectivity index (χ4n) is 2.85. The monoisotopic (exact) mass is 402 g/mol. The van der Waals surface area contributed by atoms with Crippen molar-refractivity contribution in [1.29, 1.82) is 0 Å². The van der Waals surface area contributed by atoms with Crippen molar-refractivity contribution < 1.29 is 14.3 Å². The number of carbonyl (C=O) groups excluding carboxylic acids is 2. The van der Waals surface area contributed by atoms with Crippen LogP contribution < -0.4 is 10.1 Å². The number of amides is 2. The van der Waals surface area contributed by atoms with E-state index >= 15 is 0 Å². The number of methoxy groups -OCH3 is 1. The van der Waals surface area contributed by atoms with Crippen LogP contribution >= 0.6 is 11.6 Å². The zero-order chi connectivity index (χ0) is 20.5. The number of ether oxygens (including phenoxy) is 1. The number of halogens is 1. The van der Waals surface area contributed by atoms with Gasteiger partial charge in [-0.05, 0) is 42.7 Å². The van der Waals surface area contributed by atoms with Crippen LogP contribution in [0.15, 0.2) is 48.5 Å². The van der Waals surface area contributed by atoms with Gasteiger partial charge in [-0.1, -0.05) is 48.9 Å². The summed E-state index contributed by atoms with van der Waals surface area (Å²) in [4.78, 5) is 27.2. The number of rotatable bonds is 9. The zero-order valence-electron chi connectivity index (χ0n) is 16.6. The highest BCUT2D eigenvalue weighted by atomic mass is 35.5. The molecule has 5 nitrogen and oxygen atoms in total. The number of carbonyl (C=O) groups is 2. The summed E-state index contributed by atoms with van der Waals surface area (Å²) in [6.45, 7) is 4.62. The maximum Gasteiger partial charge on any atom is 0.242 e. The molecule has 2 aromatic carbocycles. The van der Waals surface area contributed by atoms with Gasteiger partial charge in [-0.3, -0.25) is 9.59 Å². The van der Waals surface area contributed by atoms with E-state index in [-0.39, 0.29) is 18.2 Å². The predicted octanol–water partition coefficient (Wildman–Crippen LogP) is 3.83. The molecule has 1 N–H and O–H groups in total. The molecule has 2 rings (SSSR count). The normalized spacial score (nSPS) is 11.6. The second-order valence-corrected chi connectivity index (χ2v) is 7.02. The molecule has 2 amide bonds. The SMILES string of the molecule is CCCNC(=O)[C@H](C)N(Cc1cccc(OC)c1)C(=O)Cc1ccccc1Cl. The summed E-state index contributed by atoms with van der Waals surface area (Å²) in [5.41, 5.74) is 1.63. The molecule has 0 radical (unpaired) electrons. The molecule has 6 heteroatoms. The van der Waals surface area contributed by atoms with E-state index in [1.54, 1.807) is 25.0 Å². The largest absolute Gasteiger partial charge is 0.497 e. The lowest BCUT2D eigenvalue weighted by molar-refractivity contribution is -0.140. The Labute approximate surface area is 171 Å². The smallest absolute Gasteiger partial charge is 0.242 e. The Morgan fingerprint density at radius 3 is 2.61 bits per heavy atom. The van der Waals surface area contributed by atoms with E-state index in [0.29, 0.717) is 23.9 Å². The molecule has 0 aliphatic carbocycles. The summed E-state index contributed by atoms with van der Waals surface area (Å²) >= 11 is 6.22. The quantitative estimate of drug-likeness (QED) is 0.693. The first-order valence-corrected chi connectivity index (χ1v) is 9.77. The van der Waals surface area contributed by atoms with Gasteiger partial charge in [0.2, 0.25) is 11.8 Å². The first-order valence-electron chi connectivity index (χ1n) is 9.39. The molecule has 0 aliphatic rings. The predicted molar refractivity (Wildman–Crippen MR) is 111 cm³/mol. The van der Waals surface area contributed by atoms with Crippen LogP contribution in [0.25, 0.3) is 0 Å². The Bertz CT molecular complexity index is 810. The summed E-state index contributed by atoms with van der Waals surface area (Å²) in [5, 5.41) is 3.41. The molecule has 0 saturated heterocycles. The van der Waals surface area contributed by atoms with E-state index in [1.807, 2.05) is 49.4 Å². The van der Waals surface area contributed by atoms with Gasteiger partial charge in [-0.15, -0.1) is 0 Å². The average molecular weight is 403 g/mol. The maximum absolute atomic E-state index is 13.1. The molecule has 0 aromatic heterocycles. The van der Waals surface area contributed by atoms with Crippen LogP contribution in [-0.2, 0) is 22.6 Å². The van der Waals surface area contributed by atoms with Crippen LogP contribution in [0.3, 0.4) is 0 Å². The topological polar surface area (TPSA) is 58.6 Å². The second kappa shape index (κ2) is 10.7. The van der Waals surface area contributed by atoms with Crippen molar-refractivity contribution >= 4 is 23.4 Å². The van der Waals surface area contributed by atoms with Crippen LogP contribution in [0, 0.1) is 0 Å². The van der Waals surface area contributed by atoms with E-state index in [0.717, 1.165) is 17.5 Å². The lowest BCUT2D eigenvalue weighted by Crippen LogP contribution is -2.48. The number of hydrogen-bond donors (Lipinski definition) is 1. The molecule has 0 fully saturated rings. The van der Waals surface area contributed by atoms with E-state index in [2.05, 4.69) is 5.32 Å². The molecular weight excluding hydrogens is 376 g/mol. The lowest BCUT2D eigenvalue weighted by atomic mass is 10.1. The lowest BCUT2D eigenvalue weighted by Gasteiger charge is -2.29. The molecule has 0 saturated carbocycles. The van der Waals surface area contributed by atoms with Gasteiger partial charge in [-0.25, -0.2) is 0 Å². The van der Waals surface area contributed by atoms with Gasteiger partial charge in [0.25, 0.3) is 0 Å². The molecular formula is C22H27ClN2O3. The van der Waals surface area contributed by atoms with Crippen molar-refractivity contribution in [2.45, 2.75) is 39.3 Å². The fourth-order valence-corrected chi connectivity index (χ4v) is 3.05. The van der Waals surface area contributed by atoms with Crippen molar-refractivity contribution in [3.05, 3.63) is 64.7 Å². The van der Waals surface area contributed by atoms with Crippen molar-refractivity contribution in [2.75, 3.05) is 13.7 Å². The molecule has 0 bridgehead atoms. The third-order valence-corrected chi connectivity index (χ3v) is 4.87. The number of hydrogen-bond acceptors (Lipinski definition) is 3. The number of nitrogens with one attached hydrogen (secondary N) is 1. The number of nitrogens with zero attached hydrogens (tertiary/aromatic N) is 1. The van der Waals surface area contributed by atoms with Gasteiger partial charge in [0.05, 0.1) is 13.5 Å². The third kappa shape index (κ3) is 5.99. The molecule has 28 heavy (non-hydrogen) atoms. The van der Waals surface area contributed by atoms with Crippen molar-refractivity contribution in [2.24, 2.45) is 0 Å². The van der Waals surface area contributed by atoms with Gasteiger partial charge < -0.3 is 15.0 Å². The van der Waals surface area contributed by atoms with E-state index < -0.39 is 6.04 Å². The molecule has 1 atom stereocenters. The Kier molecular flexibility index (Phi) is 8.33. The Hall–Kier alpha value is -2.53. The summed E-state index contributed by atoms with van der Waals surface area (Å²) in [5.74, 6) is 0.381. The summed E-state index contributed by atoms with van der Waals surface area (Å²) in [6, 6.07) is 14.1. The highest BCUT2D eigenvalue weighted by Crippen LogP contribution is 2.20. The second-order valence-electron chi connectivity index (χ2n) is 6.61. The minimum atomic E-state index is -0.604. The van der Waals surface area contributed by atoms with Gasteiger partial charge in [0.15, 0.2) is 0 Å². The fraction of sp³-hybridized carbons (Fsp3) is 0.364. The highest BCUT2D eigenvalue weighted by Gasteiger charge is 2.26. The van der Waals surface area contributed by atoms with Crippen LogP contribution in [-0.4, -0.2) is 36.4 Å². The molecule has 2 aromatic rings. The molecule has 150 valence electrons. The maximum atomic E-state index is 13.1. The minimum absolute atomic E-state index is 0.134. The third-order valence-electron chi connectivity index (χ3n) is 4.50. The Balaban J connectivity index is 2.24. The Morgan fingerprint density at radius 2 is 1.93 bits per heavy atom. The molecule has 0 unspecified atom stereocenters. The van der Waals surface area contributed by atoms with Gasteiger partial charge in [0, 0.05) is 18.1 Å². The first-order chi connectivity index (χ1) is 13.5. The molecule has 0 heterocycles. The van der Waals surface area contributed by atoms with Gasteiger partial charge >= 0.3 is 0 Å². The van der Waals surface area contributed by atoms with E-state index in [1.165, 1.54) is 0 Å². The number of benzene rings is 2. The first kappa shape index (κ1) is 21.8.